The van der Waals surface area contributed by atoms with E-state index in [2.05, 4.69) is 20.1 Å². The molecule has 1 rings (SSSR count). The van der Waals surface area contributed by atoms with E-state index in [1.165, 1.54) is 38.5 Å². The molecule has 1 aliphatic rings. The Kier molecular flexibility index (Phi) is 7.66. The minimum absolute atomic E-state index is 0.340. The lowest BCUT2D eigenvalue weighted by Crippen LogP contribution is -2.34. The molecule has 0 amide bonds. The van der Waals surface area contributed by atoms with Crippen LogP contribution in [-0.4, -0.2) is 30.0 Å². The van der Waals surface area contributed by atoms with Gasteiger partial charge in [-0.05, 0) is 42.6 Å². The number of hydrogen-bond acceptors (Lipinski definition) is 3. The highest BCUT2D eigenvalue weighted by Gasteiger charge is 2.34. The molecule has 18 heavy (non-hydrogen) atoms. The van der Waals surface area contributed by atoms with Crippen LogP contribution in [0.4, 0.5) is 0 Å². The van der Waals surface area contributed by atoms with Gasteiger partial charge in [0.25, 0.3) is 0 Å². The second-order valence-corrected chi connectivity index (χ2v) is 6.98. The zero-order valence-corrected chi connectivity index (χ0v) is 13.1. The van der Waals surface area contributed by atoms with Gasteiger partial charge in [-0.2, -0.15) is 11.8 Å². The fraction of sp³-hybridized carbons (Fsp3) is 1.00. The van der Waals surface area contributed by atoms with Crippen LogP contribution in [-0.2, 0) is 4.74 Å². The third-order valence-corrected chi connectivity index (χ3v) is 4.76. The fourth-order valence-electron chi connectivity index (χ4n) is 3.30. The van der Waals surface area contributed by atoms with Crippen molar-refractivity contribution in [2.45, 2.75) is 65.1 Å². The van der Waals surface area contributed by atoms with Gasteiger partial charge in [0.2, 0.25) is 0 Å². The number of ether oxygens (including phenoxy) is 1. The fourth-order valence-corrected chi connectivity index (χ4v) is 3.74. The summed E-state index contributed by atoms with van der Waals surface area (Å²) in [4.78, 5) is 0. The topological polar surface area (TPSA) is 29.5 Å². The number of aliphatic hydroxyl groups is 1. The molecule has 2 unspecified atom stereocenters. The number of hydrogen-bond donors (Lipinski definition) is 1. The summed E-state index contributed by atoms with van der Waals surface area (Å²) in [6.45, 7) is 5.36. The molecule has 1 fully saturated rings. The van der Waals surface area contributed by atoms with E-state index in [9.17, 15) is 5.11 Å². The molecule has 0 radical (unpaired) electrons. The molecule has 0 aliphatic heterocycles. The van der Waals surface area contributed by atoms with Gasteiger partial charge in [0.1, 0.15) is 0 Å². The third-order valence-electron chi connectivity index (χ3n) is 4.12. The van der Waals surface area contributed by atoms with Crippen molar-refractivity contribution in [1.29, 1.82) is 0 Å². The summed E-state index contributed by atoms with van der Waals surface area (Å²) >= 11 is 1.76. The average Bonchev–Trinajstić information content (AvgIpc) is 2.34. The molecule has 1 aliphatic carbocycles. The van der Waals surface area contributed by atoms with Crippen molar-refractivity contribution in [2.75, 3.05) is 18.6 Å². The lowest BCUT2D eigenvalue weighted by molar-refractivity contribution is -0.135. The zero-order chi connectivity index (χ0) is 13.4. The number of thioether (sulfide) groups is 1. The highest BCUT2D eigenvalue weighted by atomic mass is 32.2. The number of aliphatic hydroxyl groups excluding tert-OH is 1. The normalized spacial score (nSPS) is 30.3. The van der Waals surface area contributed by atoms with Gasteiger partial charge in [-0.3, -0.25) is 0 Å². The van der Waals surface area contributed by atoms with Crippen LogP contribution in [0, 0.1) is 11.3 Å². The van der Waals surface area contributed by atoms with E-state index in [4.69, 9.17) is 4.74 Å². The first-order chi connectivity index (χ1) is 8.62. The predicted molar refractivity (Wildman–Crippen MR) is 79.9 cm³/mol. The molecule has 108 valence electrons. The van der Waals surface area contributed by atoms with E-state index in [1.807, 2.05) is 0 Å². The Hall–Kier alpha value is 0.270. The average molecular weight is 274 g/mol. The van der Waals surface area contributed by atoms with Gasteiger partial charge < -0.3 is 9.84 Å². The summed E-state index contributed by atoms with van der Waals surface area (Å²) in [6, 6.07) is 0. The van der Waals surface area contributed by atoms with E-state index in [0.717, 1.165) is 24.7 Å². The number of rotatable bonds is 8. The minimum atomic E-state index is -0.566. The van der Waals surface area contributed by atoms with E-state index < -0.39 is 6.29 Å². The van der Waals surface area contributed by atoms with Crippen LogP contribution in [0.25, 0.3) is 0 Å². The lowest BCUT2D eigenvalue weighted by atomic mass is 9.68. The molecule has 3 atom stereocenters. The Labute approximate surface area is 117 Å². The van der Waals surface area contributed by atoms with Crippen LogP contribution >= 0.6 is 11.8 Å². The summed E-state index contributed by atoms with van der Waals surface area (Å²) in [5.41, 5.74) is 0.340. The summed E-state index contributed by atoms with van der Waals surface area (Å²) in [6.07, 6.45) is 9.95. The van der Waals surface area contributed by atoms with Gasteiger partial charge >= 0.3 is 0 Å². The van der Waals surface area contributed by atoms with Crippen LogP contribution < -0.4 is 0 Å². The molecule has 0 aromatic rings. The molecule has 2 nitrogen and oxygen atoms in total. The minimum Gasteiger partial charge on any atom is -0.368 e. The third kappa shape index (κ3) is 5.50. The maximum absolute atomic E-state index is 9.82. The molecule has 1 saturated carbocycles. The van der Waals surface area contributed by atoms with E-state index in [0.29, 0.717) is 5.41 Å². The van der Waals surface area contributed by atoms with Crippen molar-refractivity contribution in [1.82, 2.24) is 0 Å². The monoisotopic (exact) mass is 274 g/mol. The first-order valence-corrected chi connectivity index (χ1v) is 8.80. The first-order valence-electron chi connectivity index (χ1n) is 7.40. The van der Waals surface area contributed by atoms with Crippen molar-refractivity contribution < 1.29 is 9.84 Å². The Morgan fingerprint density at radius 2 is 2.28 bits per heavy atom. The molecule has 0 saturated heterocycles. The molecule has 0 spiro atoms. The maximum atomic E-state index is 9.82. The van der Waals surface area contributed by atoms with Crippen LogP contribution in [0.15, 0.2) is 0 Å². The Morgan fingerprint density at radius 1 is 1.50 bits per heavy atom. The predicted octanol–water partition coefficient (Wildman–Crippen LogP) is 4.07. The van der Waals surface area contributed by atoms with Crippen LogP contribution in [0.1, 0.15) is 58.8 Å². The van der Waals surface area contributed by atoms with Crippen molar-refractivity contribution in [3.8, 4) is 0 Å². The highest BCUT2D eigenvalue weighted by Crippen LogP contribution is 2.43. The summed E-state index contributed by atoms with van der Waals surface area (Å²) in [5.74, 6) is 1.79. The Morgan fingerprint density at radius 3 is 2.89 bits per heavy atom. The molecular weight excluding hydrogens is 244 g/mol. The zero-order valence-electron chi connectivity index (χ0n) is 12.3. The van der Waals surface area contributed by atoms with Crippen molar-refractivity contribution in [3.05, 3.63) is 0 Å². The Balaban J connectivity index is 2.41. The molecular formula is C15H30O2S. The summed E-state index contributed by atoms with van der Waals surface area (Å²) in [5, 5.41) is 9.82. The maximum Gasteiger partial charge on any atom is 0.155 e. The quantitative estimate of drug-likeness (QED) is 0.677. The lowest BCUT2D eigenvalue weighted by Gasteiger charge is -2.40. The van der Waals surface area contributed by atoms with Crippen molar-refractivity contribution >= 4 is 11.8 Å². The first kappa shape index (κ1) is 16.3. The van der Waals surface area contributed by atoms with Crippen LogP contribution in [0.3, 0.4) is 0 Å². The van der Waals surface area contributed by atoms with E-state index >= 15 is 0 Å². The van der Waals surface area contributed by atoms with E-state index in [-0.39, 0.29) is 0 Å². The SMILES string of the molecule is CCCC1(COC(O)CCSC)CCC[C@@H](C)C1. The highest BCUT2D eigenvalue weighted by molar-refractivity contribution is 7.98. The second kappa shape index (κ2) is 8.44. The smallest absolute Gasteiger partial charge is 0.155 e. The van der Waals surface area contributed by atoms with Crippen molar-refractivity contribution in [2.24, 2.45) is 11.3 Å². The van der Waals surface area contributed by atoms with Gasteiger partial charge in [0.15, 0.2) is 6.29 Å². The second-order valence-electron chi connectivity index (χ2n) is 6.00. The van der Waals surface area contributed by atoms with Gasteiger partial charge in [-0.15, -0.1) is 0 Å². The van der Waals surface area contributed by atoms with Gasteiger partial charge in [-0.1, -0.05) is 33.1 Å². The van der Waals surface area contributed by atoms with E-state index in [1.54, 1.807) is 11.8 Å². The molecule has 0 bridgehead atoms. The van der Waals surface area contributed by atoms with Crippen LogP contribution in [0.2, 0.25) is 0 Å². The summed E-state index contributed by atoms with van der Waals surface area (Å²) in [7, 11) is 0. The molecule has 1 N–H and O–H groups in total. The molecule has 0 aromatic carbocycles. The van der Waals surface area contributed by atoms with Crippen LogP contribution in [0.5, 0.6) is 0 Å². The van der Waals surface area contributed by atoms with Gasteiger partial charge in [0, 0.05) is 6.42 Å². The standard InChI is InChI=1S/C15H30O2S/c1-4-8-15(9-5-6-13(2)11-15)12-17-14(16)7-10-18-3/h13-14,16H,4-12H2,1-3H3/t13-,14?,15?/m1/s1. The molecule has 0 heterocycles. The molecule has 0 aromatic heterocycles. The van der Waals surface area contributed by atoms with Gasteiger partial charge in [0.05, 0.1) is 6.61 Å². The molecule has 3 heteroatoms. The Bertz CT molecular complexity index is 219. The largest absolute Gasteiger partial charge is 0.368 e. The summed E-state index contributed by atoms with van der Waals surface area (Å²) < 4.78 is 5.73. The van der Waals surface area contributed by atoms with Gasteiger partial charge in [-0.25, -0.2) is 0 Å². The van der Waals surface area contributed by atoms with Crippen molar-refractivity contribution in [3.63, 3.8) is 0 Å².